The zero-order chi connectivity index (χ0) is 21.3. The Hall–Kier alpha value is -3.52. The summed E-state index contributed by atoms with van der Waals surface area (Å²) in [4.78, 5) is 47.4. The summed E-state index contributed by atoms with van der Waals surface area (Å²) in [6.45, 7) is 3.76. The van der Waals surface area contributed by atoms with Gasteiger partial charge in [-0.3, -0.25) is 14.4 Å². The van der Waals surface area contributed by atoms with Gasteiger partial charge < -0.3 is 5.32 Å². The Morgan fingerprint density at radius 1 is 0.933 bits per heavy atom. The van der Waals surface area contributed by atoms with Crippen LogP contribution in [-0.4, -0.2) is 33.4 Å². The van der Waals surface area contributed by atoms with Crippen LogP contribution >= 0.6 is 11.8 Å². The molecule has 2 heterocycles. The van der Waals surface area contributed by atoms with Crippen LogP contribution in [0.2, 0.25) is 0 Å². The molecular formula is C22H18N4O3S. The minimum Gasteiger partial charge on any atom is -0.325 e. The topological polar surface area (TPSA) is 92.3 Å². The summed E-state index contributed by atoms with van der Waals surface area (Å²) in [5, 5.41) is 3.34. The Bertz CT molecular complexity index is 1120. The van der Waals surface area contributed by atoms with Crippen molar-refractivity contribution in [1.82, 2.24) is 9.97 Å². The van der Waals surface area contributed by atoms with Crippen molar-refractivity contribution in [2.75, 3.05) is 16.0 Å². The number of nitrogens with zero attached hydrogens (tertiary/aromatic N) is 3. The van der Waals surface area contributed by atoms with Gasteiger partial charge in [-0.15, -0.1) is 0 Å². The maximum absolute atomic E-state index is 12.7. The molecule has 0 unspecified atom stereocenters. The van der Waals surface area contributed by atoms with E-state index in [1.807, 2.05) is 19.9 Å². The third-order valence-electron chi connectivity index (χ3n) is 4.48. The highest BCUT2D eigenvalue weighted by Gasteiger charge is 2.36. The van der Waals surface area contributed by atoms with Crippen molar-refractivity contribution in [2.45, 2.75) is 19.0 Å². The second-order valence-corrected chi connectivity index (χ2v) is 7.75. The van der Waals surface area contributed by atoms with Gasteiger partial charge >= 0.3 is 0 Å². The molecule has 8 heteroatoms. The SMILES string of the molecule is Cc1cc(C)nc(SCC(=O)Nc2cccc(N3C(=O)c4ccccc4C3=O)c2)n1. The van der Waals surface area contributed by atoms with E-state index in [0.717, 1.165) is 16.3 Å². The number of aryl methyl sites for hydroxylation is 2. The van der Waals surface area contributed by atoms with Crippen LogP contribution in [0.5, 0.6) is 0 Å². The highest BCUT2D eigenvalue weighted by atomic mass is 32.2. The van der Waals surface area contributed by atoms with Crippen molar-refractivity contribution < 1.29 is 14.4 Å². The number of benzene rings is 2. The minimum absolute atomic E-state index is 0.139. The number of thioether (sulfide) groups is 1. The van der Waals surface area contributed by atoms with Crippen LogP contribution in [0, 0.1) is 13.8 Å². The molecule has 0 fully saturated rings. The van der Waals surface area contributed by atoms with Gasteiger partial charge in [0.15, 0.2) is 5.16 Å². The van der Waals surface area contributed by atoms with Crippen LogP contribution in [0.1, 0.15) is 32.1 Å². The smallest absolute Gasteiger partial charge is 0.266 e. The van der Waals surface area contributed by atoms with Crippen molar-refractivity contribution in [2.24, 2.45) is 0 Å². The van der Waals surface area contributed by atoms with E-state index in [1.165, 1.54) is 11.8 Å². The van der Waals surface area contributed by atoms with Gasteiger partial charge in [0.05, 0.1) is 22.6 Å². The van der Waals surface area contributed by atoms with E-state index < -0.39 is 0 Å². The molecule has 0 bridgehead atoms. The zero-order valence-corrected chi connectivity index (χ0v) is 17.2. The monoisotopic (exact) mass is 418 g/mol. The predicted octanol–water partition coefficient (Wildman–Crippen LogP) is 3.62. The highest BCUT2D eigenvalue weighted by molar-refractivity contribution is 7.99. The van der Waals surface area contributed by atoms with Crippen LogP contribution in [0.25, 0.3) is 0 Å². The number of imide groups is 1. The lowest BCUT2D eigenvalue weighted by Crippen LogP contribution is -2.29. The molecule has 7 nitrogen and oxygen atoms in total. The lowest BCUT2D eigenvalue weighted by atomic mass is 10.1. The third-order valence-corrected chi connectivity index (χ3v) is 5.32. The Morgan fingerprint density at radius 3 is 2.20 bits per heavy atom. The van der Waals surface area contributed by atoms with Gasteiger partial charge in [0.25, 0.3) is 11.8 Å². The number of carbonyl (C=O) groups is 3. The van der Waals surface area contributed by atoms with Crippen LogP contribution < -0.4 is 10.2 Å². The molecule has 0 atom stereocenters. The summed E-state index contributed by atoms with van der Waals surface area (Å²) >= 11 is 1.25. The summed E-state index contributed by atoms with van der Waals surface area (Å²) < 4.78 is 0. The summed E-state index contributed by atoms with van der Waals surface area (Å²) in [6, 6.07) is 15.2. The molecule has 1 aliphatic heterocycles. The van der Waals surface area contributed by atoms with Crippen LogP contribution in [0.3, 0.4) is 0 Å². The molecule has 0 saturated carbocycles. The fourth-order valence-electron chi connectivity index (χ4n) is 3.23. The van der Waals surface area contributed by atoms with E-state index in [4.69, 9.17) is 0 Å². The van der Waals surface area contributed by atoms with Crippen LogP contribution in [0.15, 0.2) is 59.8 Å². The average molecular weight is 418 g/mol. The molecule has 1 N–H and O–H groups in total. The normalized spacial score (nSPS) is 12.8. The number of hydrogen-bond donors (Lipinski definition) is 1. The number of hydrogen-bond acceptors (Lipinski definition) is 6. The molecule has 2 aromatic carbocycles. The van der Waals surface area contributed by atoms with Gasteiger partial charge in [0.2, 0.25) is 5.91 Å². The molecule has 1 aliphatic rings. The third kappa shape index (κ3) is 3.95. The summed E-state index contributed by atoms with van der Waals surface area (Å²) in [6.07, 6.45) is 0. The van der Waals surface area contributed by atoms with Crippen LogP contribution in [-0.2, 0) is 4.79 Å². The number of amides is 3. The van der Waals surface area contributed by atoms with Crippen molar-refractivity contribution in [3.63, 3.8) is 0 Å². The molecule has 0 saturated heterocycles. The van der Waals surface area contributed by atoms with Gasteiger partial charge in [-0.1, -0.05) is 30.0 Å². The van der Waals surface area contributed by atoms with Gasteiger partial charge in [-0.25, -0.2) is 14.9 Å². The number of fused-ring (bicyclic) bond motifs is 1. The predicted molar refractivity (Wildman–Crippen MR) is 115 cm³/mol. The van der Waals surface area contributed by atoms with E-state index >= 15 is 0 Å². The van der Waals surface area contributed by atoms with E-state index in [2.05, 4.69) is 15.3 Å². The summed E-state index contributed by atoms with van der Waals surface area (Å²) in [7, 11) is 0. The van der Waals surface area contributed by atoms with Gasteiger partial charge in [0, 0.05) is 17.1 Å². The first-order valence-electron chi connectivity index (χ1n) is 9.25. The first kappa shape index (κ1) is 19.8. The Labute approximate surface area is 177 Å². The summed E-state index contributed by atoms with van der Waals surface area (Å²) in [5.41, 5.74) is 3.35. The molecule has 0 spiro atoms. The van der Waals surface area contributed by atoms with E-state index in [0.29, 0.717) is 27.7 Å². The molecule has 0 radical (unpaired) electrons. The van der Waals surface area contributed by atoms with Crippen molar-refractivity contribution in [3.8, 4) is 0 Å². The molecule has 4 rings (SSSR count). The first-order valence-corrected chi connectivity index (χ1v) is 10.2. The standard InChI is InChI=1S/C22H18N4O3S/c1-13-10-14(2)24-22(23-13)30-12-19(27)25-15-6-5-7-16(11-15)26-20(28)17-8-3-4-9-18(17)21(26)29/h3-11H,12H2,1-2H3,(H,25,27). The molecule has 3 aromatic rings. The average Bonchev–Trinajstić information content (AvgIpc) is 2.97. The number of rotatable bonds is 5. The van der Waals surface area contributed by atoms with Crippen molar-refractivity contribution in [1.29, 1.82) is 0 Å². The second kappa shape index (κ2) is 8.08. The number of carbonyl (C=O) groups excluding carboxylic acids is 3. The Morgan fingerprint density at radius 2 is 1.57 bits per heavy atom. The number of aromatic nitrogens is 2. The van der Waals surface area contributed by atoms with Gasteiger partial charge in [-0.2, -0.15) is 0 Å². The largest absolute Gasteiger partial charge is 0.325 e. The number of nitrogens with one attached hydrogen (secondary N) is 1. The summed E-state index contributed by atoms with van der Waals surface area (Å²) in [5.74, 6) is -0.842. The van der Waals surface area contributed by atoms with Gasteiger partial charge in [-0.05, 0) is 50.2 Å². The molecule has 30 heavy (non-hydrogen) atoms. The van der Waals surface area contributed by atoms with E-state index in [9.17, 15) is 14.4 Å². The number of anilines is 2. The van der Waals surface area contributed by atoms with Crippen molar-refractivity contribution in [3.05, 3.63) is 77.1 Å². The van der Waals surface area contributed by atoms with Crippen LogP contribution in [0.4, 0.5) is 11.4 Å². The van der Waals surface area contributed by atoms with Gasteiger partial charge in [0.1, 0.15) is 0 Å². The Balaban J connectivity index is 1.46. The fourth-order valence-corrected chi connectivity index (χ4v) is 3.98. The minimum atomic E-state index is -0.374. The molecule has 150 valence electrons. The maximum atomic E-state index is 12.7. The molecule has 3 amide bonds. The molecule has 1 aromatic heterocycles. The first-order chi connectivity index (χ1) is 14.4. The second-order valence-electron chi connectivity index (χ2n) is 6.81. The quantitative estimate of drug-likeness (QED) is 0.386. The fraction of sp³-hybridized carbons (Fsp3) is 0.136. The molecule has 0 aliphatic carbocycles. The van der Waals surface area contributed by atoms with E-state index in [1.54, 1.807) is 48.5 Å². The lowest BCUT2D eigenvalue weighted by molar-refractivity contribution is -0.113. The van der Waals surface area contributed by atoms with Crippen molar-refractivity contribution >= 4 is 40.9 Å². The van der Waals surface area contributed by atoms with E-state index in [-0.39, 0.29) is 23.5 Å². The lowest BCUT2D eigenvalue weighted by Gasteiger charge is -2.15. The maximum Gasteiger partial charge on any atom is 0.266 e. The highest BCUT2D eigenvalue weighted by Crippen LogP contribution is 2.29. The Kier molecular flexibility index (Phi) is 5.33. The molecular weight excluding hydrogens is 400 g/mol. The zero-order valence-electron chi connectivity index (χ0n) is 16.4.